The van der Waals surface area contributed by atoms with Crippen LogP contribution >= 0.6 is 0 Å². The van der Waals surface area contributed by atoms with Crippen molar-refractivity contribution in [3.05, 3.63) is 65.0 Å². The van der Waals surface area contributed by atoms with Crippen LogP contribution in [-0.2, 0) is 46.1 Å². The van der Waals surface area contributed by atoms with E-state index in [2.05, 4.69) is 10.3 Å². The molecule has 10 N–H and O–H groups in total. The van der Waals surface area contributed by atoms with Crippen molar-refractivity contribution in [1.29, 1.82) is 0 Å². The number of rotatable bonds is 24. The lowest BCUT2D eigenvalue weighted by molar-refractivity contribution is -0.112. The van der Waals surface area contributed by atoms with Crippen molar-refractivity contribution in [2.24, 2.45) is 5.73 Å². The monoisotopic (exact) mass is 832 g/mol. The third kappa shape index (κ3) is 12.3. The van der Waals surface area contributed by atoms with E-state index < -0.39 is 75.8 Å². The van der Waals surface area contributed by atoms with Gasteiger partial charge in [-0.2, -0.15) is 0 Å². The lowest BCUT2D eigenvalue weighted by atomic mass is 9.90. The zero-order chi connectivity index (χ0) is 42.3. The van der Waals surface area contributed by atoms with Crippen molar-refractivity contribution in [3.8, 4) is 51.7 Å². The molecule has 0 saturated carbocycles. The van der Waals surface area contributed by atoms with Crippen molar-refractivity contribution in [2.45, 2.75) is 31.3 Å². The summed E-state index contributed by atoms with van der Waals surface area (Å²) in [6.07, 6.45) is -2.24. The van der Waals surface area contributed by atoms with Crippen LogP contribution < -0.4 is 10.5 Å². The van der Waals surface area contributed by atoms with Gasteiger partial charge in [0.2, 0.25) is 0 Å². The summed E-state index contributed by atoms with van der Waals surface area (Å²) < 4.78 is 46.8. The van der Waals surface area contributed by atoms with E-state index in [4.69, 9.17) is 43.6 Å². The third-order valence-electron chi connectivity index (χ3n) is 8.67. The van der Waals surface area contributed by atoms with Gasteiger partial charge in [0.25, 0.3) is 0 Å². The van der Waals surface area contributed by atoms with E-state index in [0.29, 0.717) is 84.7 Å². The molecule has 59 heavy (non-hydrogen) atoms. The van der Waals surface area contributed by atoms with Gasteiger partial charge in [0.1, 0.15) is 23.4 Å². The Morgan fingerprint density at radius 3 is 1.80 bits per heavy atom. The molecule has 0 amide bonds. The zero-order valence-electron chi connectivity index (χ0n) is 31.8. The number of ether oxygens (including phenoxy) is 8. The predicted octanol–water partition coefficient (Wildman–Crippen LogP) is 1.62. The number of phenols is 8. The van der Waals surface area contributed by atoms with Gasteiger partial charge in [0, 0.05) is 36.9 Å². The van der Waals surface area contributed by atoms with Crippen LogP contribution in [0, 0.1) is 0 Å². The average Bonchev–Trinajstić information content (AvgIpc) is 3.66. The Balaban J connectivity index is 1.17. The summed E-state index contributed by atoms with van der Waals surface area (Å²) in [5, 5.41) is 90.1. The van der Waals surface area contributed by atoms with E-state index in [1.54, 1.807) is 6.20 Å². The molecule has 1 aromatic heterocycles. The number of carbonyl (C=O) groups is 1. The van der Waals surface area contributed by atoms with Gasteiger partial charge < -0.3 is 84.5 Å². The normalized spacial score (nSPS) is 16.1. The molecule has 2 heterocycles. The molecule has 0 bridgehead atoms. The summed E-state index contributed by atoms with van der Waals surface area (Å²) in [6, 6.07) is 5.95. The predicted molar refractivity (Wildman–Crippen MR) is 201 cm³/mol. The van der Waals surface area contributed by atoms with Crippen LogP contribution in [0.5, 0.6) is 51.7 Å². The third-order valence-corrected chi connectivity index (χ3v) is 8.67. The number of phenolic OH excluding ortho intramolecular Hbond substituents is 8. The number of fused-ring (bicyclic) bond motifs is 1. The number of esters is 1. The minimum absolute atomic E-state index is 0.0313. The molecule has 1 aliphatic heterocycles. The molecule has 21 heteroatoms. The zero-order valence-corrected chi connectivity index (χ0v) is 31.8. The lowest BCUT2D eigenvalue weighted by Crippen LogP contribution is -2.39. The molecule has 3 atom stereocenters. The van der Waals surface area contributed by atoms with Crippen molar-refractivity contribution in [2.75, 3.05) is 79.2 Å². The second-order valence-electron chi connectivity index (χ2n) is 12.9. The number of aromatic hydroxyl groups is 8. The van der Waals surface area contributed by atoms with E-state index in [1.165, 1.54) is 10.7 Å². The van der Waals surface area contributed by atoms with Crippen molar-refractivity contribution < 1.29 is 83.5 Å². The fourth-order valence-corrected chi connectivity index (χ4v) is 5.85. The summed E-state index contributed by atoms with van der Waals surface area (Å²) >= 11 is 0. The molecule has 4 aromatic rings. The molecule has 21 nitrogen and oxygen atoms in total. The van der Waals surface area contributed by atoms with Gasteiger partial charge in [-0.05, 0) is 24.3 Å². The lowest BCUT2D eigenvalue weighted by Gasteiger charge is -2.39. The molecule has 0 fully saturated rings. The number of nitrogens with two attached hydrogens (primary N) is 1. The average molecular weight is 833 g/mol. The van der Waals surface area contributed by atoms with Crippen LogP contribution in [0.25, 0.3) is 0 Å². The van der Waals surface area contributed by atoms with Crippen molar-refractivity contribution in [3.63, 3.8) is 0 Å². The molecule has 3 aromatic carbocycles. The van der Waals surface area contributed by atoms with E-state index in [0.717, 1.165) is 30.3 Å². The Kier molecular flexibility index (Phi) is 16.4. The van der Waals surface area contributed by atoms with Crippen LogP contribution in [0.4, 0.5) is 0 Å². The molecule has 3 unspecified atom stereocenters. The first-order chi connectivity index (χ1) is 28.5. The van der Waals surface area contributed by atoms with Crippen LogP contribution in [0.15, 0.2) is 42.6 Å². The first-order valence-electron chi connectivity index (χ1n) is 18.5. The highest BCUT2D eigenvalue weighted by molar-refractivity contribution is 5.91. The van der Waals surface area contributed by atoms with Crippen molar-refractivity contribution in [1.82, 2.24) is 15.0 Å². The maximum atomic E-state index is 13.5. The second kappa shape index (κ2) is 21.8. The Morgan fingerprint density at radius 1 is 0.678 bits per heavy atom. The molecule has 0 spiro atoms. The summed E-state index contributed by atoms with van der Waals surface area (Å²) in [5.74, 6) is -6.99. The summed E-state index contributed by atoms with van der Waals surface area (Å²) in [6.45, 7) is 4.73. The SMILES string of the molecule is NCCOCCOCCOCCOCCOCCc1cn(CCOC2c3c(O)cc(O)cc3OC(c3cc(O)c(O)c(O)c3)C2OC(=O)c2cc(O)c(O)c(O)c2)nn1. The fraction of sp³-hybridized carbons (Fsp3) is 0.447. The highest BCUT2D eigenvalue weighted by Crippen LogP contribution is 2.51. The minimum Gasteiger partial charge on any atom is -0.508 e. The van der Waals surface area contributed by atoms with Gasteiger partial charge >= 0.3 is 5.97 Å². The minimum atomic E-state index is -1.55. The molecule has 1 aliphatic rings. The van der Waals surface area contributed by atoms with E-state index in [-0.39, 0.29) is 30.0 Å². The molecule has 0 radical (unpaired) electrons. The Bertz CT molecular complexity index is 1930. The number of hydrogen-bond acceptors (Lipinski definition) is 20. The number of aromatic nitrogens is 3. The molecule has 322 valence electrons. The second-order valence-corrected chi connectivity index (χ2v) is 12.9. The highest BCUT2D eigenvalue weighted by atomic mass is 16.6. The maximum absolute atomic E-state index is 13.5. The highest BCUT2D eigenvalue weighted by Gasteiger charge is 2.45. The largest absolute Gasteiger partial charge is 0.508 e. The number of nitrogens with zero attached hydrogens (tertiary/aromatic N) is 3. The number of benzene rings is 3. The summed E-state index contributed by atoms with van der Waals surface area (Å²) in [4.78, 5) is 13.5. The molecular formula is C38H48N4O17. The van der Waals surface area contributed by atoms with Crippen LogP contribution in [0.1, 0.15) is 39.4 Å². The Hall–Kier alpha value is -5.81. The quantitative estimate of drug-likeness (QED) is 0.0275. The van der Waals surface area contributed by atoms with Crippen LogP contribution in [0.3, 0.4) is 0 Å². The van der Waals surface area contributed by atoms with E-state index in [1.807, 2.05) is 0 Å². The Morgan fingerprint density at radius 2 is 1.22 bits per heavy atom. The number of hydrogen-bond donors (Lipinski definition) is 9. The van der Waals surface area contributed by atoms with Gasteiger partial charge in [0.15, 0.2) is 46.7 Å². The van der Waals surface area contributed by atoms with Crippen LogP contribution in [0.2, 0.25) is 0 Å². The first-order valence-corrected chi connectivity index (χ1v) is 18.5. The smallest absolute Gasteiger partial charge is 0.338 e. The van der Waals surface area contributed by atoms with Gasteiger partial charge in [0.05, 0.1) is 96.0 Å². The summed E-state index contributed by atoms with van der Waals surface area (Å²) in [7, 11) is 0. The first kappa shape index (κ1) is 44.3. The standard InChI is InChI=1S/C38H48N4O17/c39-2-5-53-8-10-55-12-14-56-13-11-54-9-7-52-4-1-24-21-42(41-40-24)3-6-57-36-32-26(44)19-25(43)20-31(32)58-35(22-15-27(45)33(49)28(46)16-22)37(36)59-38(51)23-17-29(47)34(50)30(48)18-23/h15-21,35-37,43-50H,1-14,39H2. The van der Waals surface area contributed by atoms with E-state index >= 15 is 0 Å². The molecule has 0 saturated heterocycles. The van der Waals surface area contributed by atoms with Gasteiger partial charge in [-0.25, -0.2) is 9.48 Å². The number of carbonyl (C=O) groups excluding carboxylic acids is 1. The van der Waals surface area contributed by atoms with Gasteiger partial charge in [-0.3, -0.25) is 0 Å². The topological polar surface area (TPSA) is 309 Å². The Labute approximate surface area is 337 Å². The molecular weight excluding hydrogens is 784 g/mol. The fourth-order valence-electron chi connectivity index (χ4n) is 5.85. The molecule has 5 rings (SSSR count). The summed E-state index contributed by atoms with van der Waals surface area (Å²) in [5.41, 5.74) is 5.49. The maximum Gasteiger partial charge on any atom is 0.338 e. The van der Waals surface area contributed by atoms with Crippen molar-refractivity contribution >= 4 is 5.97 Å². The molecule has 0 aliphatic carbocycles. The van der Waals surface area contributed by atoms with Gasteiger partial charge in [-0.1, -0.05) is 5.21 Å². The van der Waals surface area contributed by atoms with Gasteiger partial charge in [-0.15, -0.1) is 5.10 Å². The van der Waals surface area contributed by atoms with E-state index in [9.17, 15) is 45.6 Å². The van der Waals surface area contributed by atoms with Crippen LogP contribution in [-0.4, -0.2) is 147 Å².